The number of aromatic amines is 1. The highest BCUT2D eigenvalue weighted by Crippen LogP contribution is 2.19. The molecular formula is C13H15ClN2O2S. The maximum Gasteiger partial charge on any atom is 0.258 e. The van der Waals surface area contributed by atoms with Crippen molar-refractivity contribution in [3.8, 4) is 0 Å². The van der Waals surface area contributed by atoms with Crippen LogP contribution in [-0.2, 0) is 5.75 Å². The van der Waals surface area contributed by atoms with Gasteiger partial charge in [0.1, 0.15) is 5.82 Å². The summed E-state index contributed by atoms with van der Waals surface area (Å²) in [5.74, 6) is 1.16. The average Bonchev–Trinajstić information content (AvgIpc) is 2.36. The van der Waals surface area contributed by atoms with Gasteiger partial charge >= 0.3 is 0 Å². The number of hydrogen-bond donors (Lipinski definition) is 2. The lowest BCUT2D eigenvalue weighted by Crippen LogP contribution is -2.17. The molecule has 0 radical (unpaired) electrons. The van der Waals surface area contributed by atoms with Crippen molar-refractivity contribution < 1.29 is 5.11 Å². The van der Waals surface area contributed by atoms with E-state index < -0.39 is 6.10 Å². The molecule has 0 saturated carbocycles. The van der Waals surface area contributed by atoms with Gasteiger partial charge in [0.15, 0.2) is 0 Å². The first-order chi connectivity index (χ1) is 8.97. The third-order valence-corrected chi connectivity index (χ3v) is 4.47. The van der Waals surface area contributed by atoms with E-state index in [4.69, 9.17) is 11.6 Å². The first kappa shape index (κ1) is 14.4. The van der Waals surface area contributed by atoms with Gasteiger partial charge in [-0.1, -0.05) is 18.5 Å². The quantitative estimate of drug-likeness (QED) is 0.910. The van der Waals surface area contributed by atoms with Crippen LogP contribution in [0.25, 0.3) is 10.9 Å². The summed E-state index contributed by atoms with van der Waals surface area (Å²) >= 11 is 7.40. The fraction of sp³-hybridized carbons (Fsp3) is 0.385. The lowest BCUT2D eigenvalue weighted by Gasteiger charge is -2.13. The van der Waals surface area contributed by atoms with Crippen molar-refractivity contribution in [3.63, 3.8) is 0 Å². The highest BCUT2D eigenvalue weighted by Gasteiger charge is 2.11. The van der Waals surface area contributed by atoms with E-state index in [0.29, 0.717) is 27.5 Å². The summed E-state index contributed by atoms with van der Waals surface area (Å²) in [5.41, 5.74) is 0.446. The number of fused-ring (bicyclic) bond motifs is 1. The molecule has 2 unspecified atom stereocenters. The zero-order valence-corrected chi connectivity index (χ0v) is 12.3. The minimum absolute atomic E-state index is 0.0891. The highest BCUT2D eigenvalue weighted by molar-refractivity contribution is 7.99. The third-order valence-electron chi connectivity index (χ3n) is 2.88. The Morgan fingerprint density at radius 3 is 2.89 bits per heavy atom. The molecule has 19 heavy (non-hydrogen) atoms. The van der Waals surface area contributed by atoms with E-state index in [-0.39, 0.29) is 10.8 Å². The summed E-state index contributed by atoms with van der Waals surface area (Å²) in [6.45, 7) is 3.69. The molecular weight excluding hydrogens is 284 g/mol. The molecule has 0 aliphatic heterocycles. The number of benzene rings is 1. The molecule has 6 heteroatoms. The number of hydrogen-bond acceptors (Lipinski definition) is 4. The number of aliphatic hydroxyl groups is 1. The zero-order chi connectivity index (χ0) is 14.0. The van der Waals surface area contributed by atoms with Gasteiger partial charge in [-0.25, -0.2) is 4.98 Å². The molecule has 0 aliphatic rings. The lowest BCUT2D eigenvalue weighted by atomic mass is 10.2. The maximum atomic E-state index is 11.9. The highest BCUT2D eigenvalue weighted by atomic mass is 35.5. The minimum atomic E-state index is -0.393. The zero-order valence-electron chi connectivity index (χ0n) is 10.7. The van der Waals surface area contributed by atoms with Gasteiger partial charge in [0.25, 0.3) is 5.56 Å². The molecule has 0 saturated heterocycles. The van der Waals surface area contributed by atoms with E-state index in [1.165, 1.54) is 0 Å². The molecule has 2 rings (SSSR count). The summed E-state index contributed by atoms with van der Waals surface area (Å²) in [6, 6.07) is 5.06. The third kappa shape index (κ3) is 3.49. The van der Waals surface area contributed by atoms with Crippen molar-refractivity contribution in [2.75, 3.05) is 0 Å². The Hall–Kier alpha value is -1.04. The Bertz CT molecular complexity index is 642. The first-order valence-corrected chi connectivity index (χ1v) is 7.38. The molecule has 0 aliphatic carbocycles. The van der Waals surface area contributed by atoms with Gasteiger partial charge in [0.2, 0.25) is 0 Å². The SMILES string of the molecule is CC(O)C(C)SCc1nc2ccc(Cl)cc2c(=O)[nH]1. The van der Waals surface area contributed by atoms with E-state index in [1.807, 2.05) is 6.92 Å². The Morgan fingerprint density at radius 2 is 2.21 bits per heavy atom. The predicted molar refractivity (Wildman–Crippen MR) is 79.8 cm³/mol. The Morgan fingerprint density at radius 1 is 1.47 bits per heavy atom. The molecule has 0 fully saturated rings. The minimum Gasteiger partial charge on any atom is -0.392 e. The van der Waals surface area contributed by atoms with Crippen molar-refractivity contribution in [2.45, 2.75) is 31.0 Å². The normalized spacial score (nSPS) is 14.5. The molecule has 1 heterocycles. The molecule has 0 spiro atoms. The molecule has 2 atom stereocenters. The number of halogens is 1. The van der Waals surface area contributed by atoms with Gasteiger partial charge in [0.05, 0.1) is 22.8 Å². The van der Waals surface area contributed by atoms with Gasteiger partial charge in [-0.3, -0.25) is 4.79 Å². The summed E-state index contributed by atoms with van der Waals surface area (Å²) in [7, 11) is 0. The average molecular weight is 299 g/mol. The van der Waals surface area contributed by atoms with Crippen LogP contribution in [0.2, 0.25) is 5.02 Å². The summed E-state index contributed by atoms with van der Waals surface area (Å²) in [4.78, 5) is 19.1. The molecule has 0 amide bonds. The van der Waals surface area contributed by atoms with Crippen LogP contribution < -0.4 is 5.56 Å². The molecule has 2 N–H and O–H groups in total. The standard InChI is InChI=1S/C13H15ClN2O2S/c1-7(17)8(2)19-6-12-15-11-4-3-9(14)5-10(11)13(18)16-12/h3-5,7-8,17H,6H2,1-2H3,(H,15,16,18). The predicted octanol–water partition coefficient (Wildman–Crippen LogP) is 2.58. The topological polar surface area (TPSA) is 66.0 Å². The molecule has 1 aromatic heterocycles. The molecule has 1 aromatic carbocycles. The largest absolute Gasteiger partial charge is 0.392 e. The number of aromatic nitrogens is 2. The van der Waals surface area contributed by atoms with Crippen molar-refractivity contribution in [1.29, 1.82) is 0 Å². The van der Waals surface area contributed by atoms with E-state index in [0.717, 1.165) is 0 Å². The van der Waals surface area contributed by atoms with Crippen LogP contribution >= 0.6 is 23.4 Å². The Balaban J connectivity index is 2.26. The second-order valence-corrected chi connectivity index (χ2v) is 6.23. The first-order valence-electron chi connectivity index (χ1n) is 5.95. The van der Waals surface area contributed by atoms with Crippen molar-refractivity contribution in [1.82, 2.24) is 9.97 Å². The smallest absolute Gasteiger partial charge is 0.258 e. The fourth-order valence-corrected chi connectivity index (χ4v) is 2.59. The molecule has 102 valence electrons. The van der Waals surface area contributed by atoms with Gasteiger partial charge in [0, 0.05) is 10.3 Å². The fourth-order valence-electron chi connectivity index (χ4n) is 1.58. The molecule has 2 aromatic rings. The number of aliphatic hydroxyl groups excluding tert-OH is 1. The van der Waals surface area contributed by atoms with Crippen LogP contribution in [0.5, 0.6) is 0 Å². The number of thioether (sulfide) groups is 1. The van der Waals surface area contributed by atoms with Gasteiger partial charge < -0.3 is 10.1 Å². The van der Waals surface area contributed by atoms with Gasteiger partial charge in [-0.2, -0.15) is 0 Å². The second kappa shape index (κ2) is 5.94. The van der Waals surface area contributed by atoms with Gasteiger partial charge in [-0.15, -0.1) is 11.8 Å². The van der Waals surface area contributed by atoms with Crippen molar-refractivity contribution in [2.24, 2.45) is 0 Å². The summed E-state index contributed by atoms with van der Waals surface area (Å²) in [6.07, 6.45) is -0.393. The van der Waals surface area contributed by atoms with Crippen molar-refractivity contribution in [3.05, 3.63) is 39.4 Å². The number of rotatable bonds is 4. The van der Waals surface area contributed by atoms with Gasteiger partial charge in [-0.05, 0) is 25.1 Å². The monoisotopic (exact) mass is 298 g/mol. The maximum absolute atomic E-state index is 11.9. The second-order valence-electron chi connectivity index (χ2n) is 4.43. The van der Waals surface area contributed by atoms with Crippen LogP contribution in [0.1, 0.15) is 19.7 Å². The lowest BCUT2D eigenvalue weighted by molar-refractivity contribution is 0.196. The molecule has 4 nitrogen and oxygen atoms in total. The summed E-state index contributed by atoms with van der Waals surface area (Å²) < 4.78 is 0. The summed E-state index contributed by atoms with van der Waals surface area (Å²) in [5, 5.41) is 10.5. The molecule has 0 bridgehead atoms. The number of nitrogens with one attached hydrogen (secondary N) is 1. The van der Waals surface area contributed by atoms with E-state index in [9.17, 15) is 9.90 Å². The van der Waals surface area contributed by atoms with E-state index in [1.54, 1.807) is 36.9 Å². The number of H-pyrrole nitrogens is 1. The Labute approximate surface area is 120 Å². The number of nitrogens with zero attached hydrogens (tertiary/aromatic N) is 1. The van der Waals surface area contributed by atoms with E-state index >= 15 is 0 Å². The van der Waals surface area contributed by atoms with Crippen LogP contribution in [0, 0.1) is 0 Å². The van der Waals surface area contributed by atoms with E-state index in [2.05, 4.69) is 9.97 Å². The van der Waals surface area contributed by atoms with Crippen LogP contribution in [0.15, 0.2) is 23.0 Å². The van der Waals surface area contributed by atoms with Crippen LogP contribution in [0.3, 0.4) is 0 Å². The Kier molecular flexibility index (Phi) is 4.50. The van der Waals surface area contributed by atoms with Crippen LogP contribution in [-0.4, -0.2) is 26.4 Å². The van der Waals surface area contributed by atoms with Crippen LogP contribution in [0.4, 0.5) is 0 Å². The van der Waals surface area contributed by atoms with Crippen molar-refractivity contribution >= 4 is 34.3 Å².